The van der Waals surface area contributed by atoms with Gasteiger partial charge in [0.2, 0.25) is 41.4 Å². The summed E-state index contributed by atoms with van der Waals surface area (Å²) in [6, 6.07) is -3.85. The van der Waals surface area contributed by atoms with Gasteiger partial charge in [0, 0.05) is 36.6 Å². The van der Waals surface area contributed by atoms with Gasteiger partial charge in [-0.15, -0.1) is 0 Å². The molecule has 1 aromatic heterocycles. The maximum atomic E-state index is 13.9. The zero-order valence-electron chi connectivity index (χ0n) is 36.9. The van der Waals surface area contributed by atoms with Crippen molar-refractivity contribution in [3.05, 3.63) is 36.0 Å². The van der Waals surface area contributed by atoms with Gasteiger partial charge in [0.1, 0.15) is 42.3 Å². The molecule has 0 unspecified atom stereocenters. The fourth-order valence-corrected chi connectivity index (χ4v) is 8.59. The molecule has 1 aromatic carbocycles. The van der Waals surface area contributed by atoms with Crippen molar-refractivity contribution in [1.82, 2.24) is 46.7 Å². The van der Waals surface area contributed by atoms with Crippen molar-refractivity contribution in [2.24, 2.45) is 5.92 Å². The van der Waals surface area contributed by atoms with Crippen molar-refractivity contribution in [2.75, 3.05) is 19.6 Å². The van der Waals surface area contributed by atoms with E-state index in [4.69, 9.17) is 0 Å². The molecular weight excluding hydrogens is 867 g/mol. The van der Waals surface area contributed by atoms with Gasteiger partial charge in [0.05, 0.1) is 25.0 Å². The monoisotopic (exact) mass is 925 g/mol. The Morgan fingerprint density at radius 1 is 0.682 bits per heavy atom. The number of carboxylic acid groups (broad SMARTS) is 3. The van der Waals surface area contributed by atoms with Gasteiger partial charge in [-0.2, -0.15) is 0 Å². The zero-order chi connectivity index (χ0) is 48.4. The molecule has 3 saturated heterocycles. The molecule has 4 heterocycles. The predicted molar refractivity (Wildman–Crippen MR) is 231 cm³/mol. The molecule has 66 heavy (non-hydrogen) atoms. The Morgan fingerprint density at radius 3 is 1.83 bits per heavy atom. The molecule has 0 saturated carbocycles. The van der Waals surface area contributed by atoms with Crippen LogP contribution in [0.25, 0.3) is 10.9 Å². The first-order valence-corrected chi connectivity index (χ1v) is 22.0. The number of hydrogen-bond donors (Lipinski definition) is 11. The van der Waals surface area contributed by atoms with Gasteiger partial charge in [-0.1, -0.05) is 32.0 Å². The summed E-state index contributed by atoms with van der Waals surface area (Å²) in [6.45, 7) is 5.06. The van der Waals surface area contributed by atoms with Gasteiger partial charge in [-0.3, -0.25) is 43.2 Å². The van der Waals surface area contributed by atoms with Crippen LogP contribution in [-0.4, -0.2) is 169 Å². The number of amides is 7. The molecule has 3 fully saturated rings. The Morgan fingerprint density at radius 2 is 1.26 bits per heavy atom. The van der Waals surface area contributed by atoms with Crippen LogP contribution in [0.15, 0.2) is 30.5 Å². The zero-order valence-corrected chi connectivity index (χ0v) is 36.9. The first-order chi connectivity index (χ1) is 31.3. The molecule has 0 radical (unpaired) electrons. The standard InChI is InChI=1S/C43H59N9O14/c1-21(2)34(40(62)50-35(22(3)53)42(64)51-15-7-12-30(51)41(63)52-16-8-13-31(52)43(65)66)49-39(61)29(19-33(56)57)48-38(60)28(18-32(54)55)47-37(59)27(46-36(58)26-11-6-14-44-26)17-23-20-45-25-10-5-4-9-24(23)25/h4-5,9-10,20-22,26-31,34-35,44-45,53H,6-8,11-19H2,1-3H3,(H,46,58)(H,47,59)(H,48,60)(H,49,61)(H,50,62)(H,54,55)(H,56,57)(H,65,66)/t22-,26+,27+,28+,29+,30+,31+,34+,35+/m1/s1. The van der Waals surface area contributed by atoms with Gasteiger partial charge in [0.15, 0.2) is 0 Å². The summed E-state index contributed by atoms with van der Waals surface area (Å²) >= 11 is 0. The summed E-state index contributed by atoms with van der Waals surface area (Å²) in [5, 5.41) is 55.6. The molecule has 11 N–H and O–H groups in total. The number of aromatic nitrogens is 1. The van der Waals surface area contributed by atoms with Crippen LogP contribution < -0.4 is 31.9 Å². The van der Waals surface area contributed by atoms with Crippen LogP contribution in [0.2, 0.25) is 0 Å². The van der Waals surface area contributed by atoms with Crippen molar-refractivity contribution in [1.29, 1.82) is 0 Å². The second-order valence-electron chi connectivity index (χ2n) is 17.3. The van der Waals surface area contributed by atoms with E-state index in [-0.39, 0.29) is 32.4 Å². The molecule has 5 rings (SSSR count). The Bertz CT molecular complexity index is 2170. The molecular formula is C43H59N9O14. The predicted octanol–water partition coefficient (Wildman–Crippen LogP) is -2.06. The van der Waals surface area contributed by atoms with Crippen LogP contribution in [0, 0.1) is 5.92 Å². The lowest BCUT2D eigenvalue weighted by Gasteiger charge is -2.34. The third kappa shape index (κ3) is 12.6. The van der Waals surface area contributed by atoms with Crippen LogP contribution in [0.5, 0.6) is 0 Å². The fourth-order valence-electron chi connectivity index (χ4n) is 8.59. The summed E-state index contributed by atoms with van der Waals surface area (Å²) in [4.78, 5) is 137. The first kappa shape index (κ1) is 50.4. The number of hydrogen-bond acceptors (Lipinski definition) is 12. The number of carboxylic acids is 3. The number of likely N-dealkylation sites (tertiary alicyclic amines) is 2. The molecule has 3 aliphatic rings. The lowest BCUT2D eigenvalue weighted by molar-refractivity contribution is -0.153. The maximum absolute atomic E-state index is 13.9. The minimum Gasteiger partial charge on any atom is -0.481 e. The van der Waals surface area contributed by atoms with Crippen LogP contribution in [0.1, 0.15) is 77.7 Å². The van der Waals surface area contributed by atoms with E-state index in [1.807, 2.05) is 0 Å². The highest BCUT2D eigenvalue weighted by Gasteiger charge is 2.45. The number of aliphatic carboxylic acids is 3. The van der Waals surface area contributed by atoms with Gasteiger partial charge in [0.25, 0.3) is 0 Å². The largest absolute Gasteiger partial charge is 0.481 e. The van der Waals surface area contributed by atoms with Crippen molar-refractivity contribution < 1.29 is 68.4 Å². The number of aliphatic hydroxyl groups excluding tert-OH is 1. The molecule has 3 aliphatic heterocycles. The van der Waals surface area contributed by atoms with Crippen molar-refractivity contribution in [3.8, 4) is 0 Å². The first-order valence-electron chi connectivity index (χ1n) is 22.0. The SMILES string of the molecule is CC(C)[C@H](NC(=O)[C@H](CC(=O)O)NC(=O)[C@H](CC(=O)O)NC(=O)[C@H](Cc1c[nH]c2ccccc12)NC(=O)[C@@H]1CCCN1)C(=O)N[C@H](C(=O)N1CCC[C@H]1C(=O)N1CCC[C@H]1C(=O)O)[C@@H](C)O. The van der Waals surface area contributed by atoms with Crippen molar-refractivity contribution >= 4 is 70.2 Å². The van der Waals surface area contributed by atoms with Crippen LogP contribution in [0.4, 0.5) is 0 Å². The molecule has 360 valence electrons. The van der Waals surface area contributed by atoms with E-state index in [0.29, 0.717) is 37.8 Å². The van der Waals surface area contributed by atoms with Crippen LogP contribution >= 0.6 is 0 Å². The maximum Gasteiger partial charge on any atom is 0.326 e. The Hall–Kier alpha value is -6.62. The number of carbonyl (C=O) groups excluding carboxylic acids is 7. The Balaban J connectivity index is 1.29. The molecule has 7 amide bonds. The molecule has 0 aliphatic carbocycles. The van der Waals surface area contributed by atoms with Crippen LogP contribution in [0.3, 0.4) is 0 Å². The number of carbonyl (C=O) groups is 10. The number of fused-ring (bicyclic) bond motifs is 1. The number of aromatic amines is 1. The second-order valence-corrected chi connectivity index (χ2v) is 17.3. The van der Waals surface area contributed by atoms with E-state index in [2.05, 4.69) is 36.9 Å². The van der Waals surface area contributed by atoms with Crippen LogP contribution in [-0.2, 0) is 54.4 Å². The molecule has 0 spiro atoms. The number of rotatable bonds is 21. The minimum atomic E-state index is -1.95. The topological polar surface area (TPSA) is 346 Å². The summed E-state index contributed by atoms with van der Waals surface area (Å²) in [5.41, 5.74) is 1.37. The highest BCUT2D eigenvalue weighted by Crippen LogP contribution is 2.26. The smallest absolute Gasteiger partial charge is 0.326 e. The third-order valence-corrected chi connectivity index (χ3v) is 12.1. The summed E-state index contributed by atoms with van der Waals surface area (Å²) in [5.74, 6) is -11.4. The molecule has 23 heteroatoms. The number of para-hydroxylation sites is 1. The quantitative estimate of drug-likeness (QED) is 0.0641. The highest BCUT2D eigenvalue weighted by molar-refractivity contribution is 6.00. The van der Waals surface area contributed by atoms with Crippen molar-refractivity contribution in [3.63, 3.8) is 0 Å². The van der Waals surface area contributed by atoms with E-state index in [1.54, 1.807) is 30.5 Å². The van der Waals surface area contributed by atoms with E-state index < -0.39 is 132 Å². The molecule has 0 bridgehead atoms. The van der Waals surface area contributed by atoms with Gasteiger partial charge in [-0.25, -0.2) is 4.79 Å². The van der Waals surface area contributed by atoms with E-state index in [0.717, 1.165) is 10.9 Å². The number of benzene rings is 1. The number of aliphatic hydroxyl groups is 1. The fraction of sp³-hybridized carbons (Fsp3) is 0.581. The van der Waals surface area contributed by atoms with E-state index in [1.165, 1.54) is 30.6 Å². The van der Waals surface area contributed by atoms with Gasteiger partial charge < -0.3 is 67.1 Å². The third-order valence-electron chi connectivity index (χ3n) is 12.1. The summed E-state index contributed by atoms with van der Waals surface area (Å²) in [7, 11) is 0. The second kappa shape index (κ2) is 22.5. The molecule has 9 atom stereocenters. The minimum absolute atomic E-state index is 0.0709. The summed E-state index contributed by atoms with van der Waals surface area (Å²) in [6.07, 6.45) is 0.470. The molecule has 2 aromatic rings. The van der Waals surface area contributed by atoms with Gasteiger partial charge in [-0.05, 0) is 69.5 Å². The number of nitrogens with zero attached hydrogens (tertiary/aromatic N) is 2. The average Bonchev–Trinajstić information content (AvgIpc) is 4.11. The number of H-pyrrole nitrogens is 1. The van der Waals surface area contributed by atoms with E-state index in [9.17, 15) is 68.4 Å². The Labute approximate surface area is 379 Å². The Kier molecular flexibility index (Phi) is 17.2. The lowest BCUT2D eigenvalue weighted by atomic mass is 10.0. The average molecular weight is 926 g/mol. The van der Waals surface area contributed by atoms with E-state index >= 15 is 0 Å². The van der Waals surface area contributed by atoms with Crippen molar-refractivity contribution in [2.45, 2.75) is 133 Å². The highest BCUT2D eigenvalue weighted by atomic mass is 16.4. The molecule has 23 nitrogen and oxygen atoms in total. The lowest BCUT2D eigenvalue weighted by Crippen LogP contribution is -2.62. The number of nitrogens with one attached hydrogen (secondary N) is 7. The van der Waals surface area contributed by atoms with Gasteiger partial charge >= 0.3 is 17.9 Å². The summed E-state index contributed by atoms with van der Waals surface area (Å²) < 4.78 is 0. The normalized spacial score (nSPS) is 21.0.